The molecular weight excluding hydrogens is 345 g/mol. The van der Waals surface area contributed by atoms with Crippen LogP contribution in [0.4, 0.5) is 10.1 Å². The first-order chi connectivity index (χ1) is 9.49. The second-order valence-electron chi connectivity index (χ2n) is 4.29. The quantitative estimate of drug-likeness (QED) is 0.829. The summed E-state index contributed by atoms with van der Waals surface area (Å²) >= 11 is 4.78. The van der Waals surface area contributed by atoms with Gasteiger partial charge in [-0.05, 0) is 52.7 Å². The van der Waals surface area contributed by atoms with Crippen molar-refractivity contribution in [3.8, 4) is 0 Å². The first kappa shape index (κ1) is 15.0. The SMILES string of the molecule is COC(=O)C(Nc1cc(C)cc(F)c1)c1cc(Br)cs1. The molecule has 3 nitrogen and oxygen atoms in total. The van der Waals surface area contributed by atoms with Crippen LogP contribution in [0, 0.1) is 12.7 Å². The van der Waals surface area contributed by atoms with E-state index >= 15 is 0 Å². The maximum atomic E-state index is 13.4. The molecule has 6 heteroatoms. The summed E-state index contributed by atoms with van der Waals surface area (Å²) in [4.78, 5) is 12.7. The Morgan fingerprint density at radius 2 is 2.15 bits per heavy atom. The minimum absolute atomic E-state index is 0.344. The zero-order valence-electron chi connectivity index (χ0n) is 10.9. The number of anilines is 1. The number of esters is 1. The summed E-state index contributed by atoms with van der Waals surface area (Å²) in [6, 6.07) is 5.75. The van der Waals surface area contributed by atoms with Crippen LogP contribution in [0.2, 0.25) is 0 Å². The standard InChI is InChI=1S/C14H13BrFNO2S/c1-8-3-10(16)6-11(4-8)17-13(14(18)19-2)12-5-9(15)7-20-12/h3-7,13,17H,1-2H3. The third-order valence-corrected chi connectivity index (χ3v) is 4.42. The van der Waals surface area contributed by atoms with Crippen molar-refractivity contribution in [3.63, 3.8) is 0 Å². The smallest absolute Gasteiger partial charge is 0.333 e. The van der Waals surface area contributed by atoms with Crippen molar-refractivity contribution in [1.82, 2.24) is 0 Å². The van der Waals surface area contributed by atoms with Gasteiger partial charge in [0.25, 0.3) is 0 Å². The lowest BCUT2D eigenvalue weighted by atomic mass is 10.2. The van der Waals surface area contributed by atoms with Crippen LogP contribution < -0.4 is 5.32 Å². The van der Waals surface area contributed by atoms with Gasteiger partial charge in [-0.1, -0.05) is 0 Å². The van der Waals surface area contributed by atoms with Gasteiger partial charge in [0.1, 0.15) is 5.82 Å². The Hall–Kier alpha value is -1.40. The van der Waals surface area contributed by atoms with Gasteiger partial charge in [0.05, 0.1) is 7.11 Å². The van der Waals surface area contributed by atoms with Gasteiger partial charge in [-0.3, -0.25) is 0 Å². The van der Waals surface area contributed by atoms with Crippen molar-refractivity contribution < 1.29 is 13.9 Å². The van der Waals surface area contributed by atoms with E-state index in [-0.39, 0.29) is 5.82 Å². The highest BCUT2D eigenvalue weighted by Gasteiger charge is 2.23. The van der Waals surface area contributed by atoms with Crippen LogP contribution in [0.25, 0.3) is 0 Å². The number of methoxy groups -OCH3 is 1. The monoisotopic (exact) mass is 357 g/mol. The fourth-order valence-corrected chi connectivity index (χ4v) is 3.31. The van der Waals surface area contributed by atoms with Crippen molar-refractivity contribution in [1.29, 1.82) is 0 Å². The number of thiophene rings is 1. The number of hydrogen-bond acceptors (Lipinski definition) is 4. The number of nitrogens with one attached hydrogen (secondary N) is 1. The Morgan fingerprint density at radius 1 is 1.40 bits per heavy atom. The molecular formula is C14H13BrFNO2S. The number of ether oxygens (including phenoxy) is 1. The van der Waals surface area contributed by atoms with Crippen molar-refractivity contribution >= 4 is 38.9 Å². The van der Waals surface area contributed by atoms with Crippen LogP contribution in [0.15, 0.2) is 34.1 Å². The molecule has 0 bridgehead atoms. The van der Waals surface area contributed by atoms with Crippen molar-refractivity contribution in [2.24, 2.45) is 0 Å². The molecule has 20 heavy (non-hydrogen) atoms. The number of halogens is 2. The van der Waals surface area contributed by atoms with Crippen LogP contribution in [-0.4, -0.2) is 13.1 Å². The van der Waals surface area contributed by atoms with Crippen LogP contribution in [0.1, 0.15) is 16.5 Å². The first-order valence-electron chi connectivity index (χ1n) is 5.85. The Labute approximate surface area is 128 Å². The van der Waals surface area contributed by atoms with E-state index in [1.807, 2.05) is 11.4 Å². The molecule has 0 aliphatic carbocycles. The largest absolute Gasteiger partial charge is 0.467 e. The Morgan fingerprint density at radius 3 is 2.70 bits per heavy atom. The molecule has 1 N–H and O–H groups in total. The van der Waals surface area contributed by atoms with E-state index in [9.17, 15) is 9.18 Å². The Kier molecular flexibility index (Phi) is 4.77. The predicted molar refractivity (Wildman–Crippen MR) is 81.5 cm³/mol. The Balaban J connectivity index is 2.30. The highest BCUT2D eigenvalue weighted by atomic mass is 79.9. The number of rotatable bonds is 4. The number of aryl methyl sites for hydroxylation is 1. The summed E-state index contributed by atoms with van der Waals surface area (Å²) in [6.07, 6.45) is 0. The molecule has 106 valence electrons. The normalized spacial score (nSPS) is 12.0. The molecule has 0 aliphatic rings. The van der Waals surface area contributed by atoms with E-state index in [2.05, 4.69) is 21.2 Å². The zero-order valence-corrected chi connectivity index (χ0v) is 13.3. The van der Waals surface area contributed by atoms with Gasteiger partial charge in [-0.2, -0.15) is 0 Å². The predicted octanol–water partition coefficient (Wildman–Crippen LogP) is 4.28. The summed E-state index contributed by atoms with van der Waals surface area (Å²) in [5.74, 6) is -0.759. The summed E-state index contributed by atoms with van der Waals surface area (Å²) in [5.41, 5.74) is 1.32. The van der Waals surface area contributed by atoms with Gasteiger partial charge >= 0.3 is 5.97 Å². The molecule has 1 unspecified atom stereocenters. The van der Waals surface area contributed by atoms with Crippen molar-refractivity contribution in [2.45, 2.75) is 13.0 Å². The van der Waals surface area contributed by atoms with E-state index in [4.69, 9.17) is 4.74 Å². The average Bonchev–Trinajstić information content (AvgIpc) is 2.80. The third kappa shape index (κ3) is 3.58. The fourth-order valence-electron chi connectivity index (χ4n) is 1.83. The van der Waals surface area contributed by atoms with E-state index in [0.717, 1.165) is 14.9 Å². The molecule has 0 aliphatic heterocycles. The van der Waals surface area contributed by atoms with E-state index in [1.165, 1.54) is 30.6 Å². The molecule has 1 aromatic heterocycles. The third-order valence-electron chi connectivity index (χ3n) is 2.66. The molecule has 2 aromatic rings. The second kappa shape index (κ2) is 6.37. The molecule has 1 heterocycles. The number of hydrogen-bond donors (Lipinski definition) is 1. The lowest BCUT2D eigenvalue weighted by molar-refractivity contribution is -0.141. The maximum Gasteiger partial charge on any atom is 0.333 e. The molecule has 0 spiro atoms. The minimum Gasteiger partial charge on any atom is -0.467 e. The number of carbonyl (C=O) groups excluding carboxylic acids is 1. The minimum atomic E-state index is -0.655. The number of carbonyl (C=O) groups is 1. The molecule has 1 aromatic carbocycles. The average molecular weight is 358 g/mol. The summed E-state index contributed by atoms with van der Waals surface area (Å²) < 4.78 is 19.1. The molecule has 0 saturated carbocycles. The highest BCUT2D eigenvalue weighted by Crippen LogP contribution is 2.29. The van der Waals surface area contributed by atoms with E-state index in [0.29, 0.717) is 5.69 Å². The van der Waals surface area contributed by atoms with Crippen molar-refractivity contribution in [2.75, 3.05) is 12.4 Å². The summed E-state index contributed by atoms with van der Waals surface area (Å²) in [6.45, 7) is 1.79. The van der Waals surface area contributed by atoms with Gasteiger partial charge in [0, 0.05) is 20.4 Å². The number of benzene rings is 1. The topological polar surface area (TPSA) is 38.3 Å². The second-order valence-corrected chi connectivity index (χ2v) is 6.14. The van der Waals surface area contributed by atoms with Crippen LogP contribution in [-0.2, 0) is 9.53 Å². The molecule has 0 saturated heterocycles. The van der Waals surface area contributed by atoms with Gasteiger partial charge in [-0.25, -0.2) is 9.18 Å². The van der Waals surface area contributed by atoms with E-state index in [1.54, 1.807) is 13.0 Å². The van der Waals surface area contributed by atoms with E-state index < -0.39 is 12.0 Å². The highest BCUT2D eigenvalue weighted by molar-refractivity contribution is 9.10. The maximum absolute atomic E-state index is 13.4. The molecule has 2 rings (SSSR count). The van der Waals surface area contributed by atoms with Crippen LogP contribution in [0.3, 0.4) is 0 Å². The zero-order chi connectivity index (χ0) is 14.7. The summed E-state index contributed by atoms with van der Waals surface area (Å²) in [5, 5.41) is 4.89. The van der Waals surface area contributed by atoms with Gasteiger partial charge in [0.2, 0.25) is 0 Å². The first-order valence-corrected chi connectivity index (χ1v) is 7.52. The molecule has 0 amide bonds. The Bertz CT molecular complexity index is 609. The summed E-state index contributed by atoms with van der Waals surface area (Å²) in [7, 11) is 1.33. The van der Waals surface area contributed by atoms with Crippen LogP contribution in [0.5, 0.6) is 0 Å². The molecule has 0 fully saturated rings. The molecule has 0 radical (unpaired) electrons. The van der Waals surface area contributed by atoms with Crippen LogP contribution >= 0.6 is 27.3 Å². The lowest BCUT2D eigenvalue weighted by Crippen LogP contribution is -2.21. The van der Waals surface area contributed by atoms with Gasteiger partial charge in [0.15, 0.2) is 6.04 Å². The van der Waals surface area contributed by atoms with Gasteiger partial charge in [-0.15, -0.1) is 11.3 Å². The fraction of sp³-hybridized carbons (Fsp3) is 0.214. The molecule has 1 atom stereocenters. The lowest BCUT2D eigenvalue weighted by Gasteiger charge is -2.16. The van der Waals surface area contributed by atoms with Crippen molar-refractivity contribution in [3.05, 3.63) is 50.4 Å². The van der Waals surface area contributed by atoms with Gasteiger partial charge < -0.3 is 10.1 Å².